The van der Waals surface area contributed by atoms with Crippen molar-refractivity contribution >= 4 is 17.5 Å². The van der Waals surface area contributed by atoms with E-state index >= 15 is 0 Å². The first-order valence-electron chi connectivity index (χ1n) is 6.78. The number of aromatic hydroxyl groups is 1. The molecular formula is C15H20ClNO2. The average molecular weight is 282 g/mol. The number of phenolic OH excluding ortho intramolecular Hbond substituents is 1. The van der Waals surface area contributed by atoms with Crippen LogP contribution in [-0.4, -0.2) is 22.9 Å². The van der Waals surface area contributed by atoms with Crippen LogP contribution in [0.3, 0.4) is 0 Å². The number of alkyl halides is 1. The van der Waals surface area contributed by atoms with Gasteiger partial charge in [-0.25, -0.2) is 0 Å². The van der Waals surface area contributed by atoms with E-state index in [0.717, 1.165) is 31.2 Å². The lowest BCUT2D eigenvalue weighted by atomic mass is 9.89. The lowest BCUT2D eigenvalue weighted by Gasteiger charge is -2.25. The molecule has 104 valence electrons. The normalized spacial score (nSPS) is 23.1. The molecule has 4 heteroatoms. The molecule has 1 aromatic carbocycles. The van der Waals surface area contributed by atoms with Gasteiger partial charge in [-0.2, -0.15) is 0 Å². The van der Waals surface area contributed by atoms with Crippen LogP contribution in [0.2, 0.25) is 0 Å². The molecule has 0 bridgehead atoms. The average Bonchev–Trinajstić information content (AvgIpc) is 2.41. The largest absolute Gasteiger partial charge is 0.508 e. The van der Waals surface area contributed by atoms with E-state index in [0.29, 0.717) is 23.4 Å². The van der Waals surface area contributed by atoms with E-state index in [9.17, 15) is 9.90 Å². The predicted molar refractivity (Wildman–Crippen MR) is 76.8 cm³/mol. The van der Waals surface area contributed by atoms with Gasteiger partial charge in [0.05, 0.1) is 0 Å². The van der Waals surface area contributed by atoms with E-state index < -0.39 is 0 Å². The van der Waals surface area contributed by atoms with Crippen molar-refractivity contribution in [3.63, 3.8) is 0 Å². The first-order valence-corrected chi connectivity index (χ1v) is 7.22. The highest BCUT2D eigenvalue weighted by Crippen LogP contribution is 2.27. The molecule has 0 aromatic heterocycles. The monoisotopic (exact) mass is 281 g/mol. The smallest absolute Gasteiger partial charge is 0.251 e. The number of aryl methyl sites for hydroxylation is 1. The van der Waals surface area contributed by atoms with Crippen LogP contribution in [-0.2, 0) is 0 Å². The molecule has 0 aliphatic heterocycles. The number of hydrogen-bond acceptors (Lipinski definition) is 2. The third-order valence-corrected chi connectivity index (χ3v) is 4.22. The number of amides is 1. The quantitative estimate of drug-likeness (QED) is 0.836. The van der Waals surface area contributed by atoms with Crippen molar-refractivity contribution in [2.45, 2.75) is 38.0 Å². The van der Waals surface area contributed by atoms with Gasteiger partial charge < -0.3 is 10.4 Å². The Bertz CT molecular complexity index is 453. The van der Waals surface area contributed by atoms with Crippen molar-refractivity contribution in [1.29, 1.82) is 0 Å². The summed E-state index contributed by atoms with van der Waals surface area (Å²) in [5.41, 5.74) is 1.32. The van der Waals surface area contributed by atoms with Crippen LogP contribution >= 0.6 is 11.6 Å². The zero-order valence-corrected chi connectivity index (χ0v) is 11.9. The van der Waals surface area contributed by atoms with Crippen molar-refractivity contribution < 1.29 is 9.90 Å². The van der Waals surface area contributed by atoms with Gasteiger partial charge in [-0.05, 0) is 62.3 Å². The molecule has 3 nitrogen and oxygen atoms in total. The molecule has 2 rings (SSSR count). The molecule has 1 saturated carbocycles. The topological polar surface area (TPSA) is 49.3 Å². The second kappa shape index (κ2) is 6.29. The van der Waals surface area contributed by atoms with Crippen LogP contribution in [0, 0.1) is 12.8 Å². The molecule has 0 heterocycles. The van der Waals surface area contributed by atoms with Crippen LogP contribution in [0.5, 0.6) is 5.75 Å². The highest BCUT2D eigenvalue weighted by molar-refractivity contribution is 6.20. The third kappa shape index (κ3) is 3.87. The van der Waals surface area contributed by atoms with E-state index in [1.165, 1.54) is 0 Å². The van der Waals surface area contributed by atoms with Gasteiger partial charge in [0.1, 0.15) is 5.75 Å². The summed E-state index contributed by atoms with van der Waals surface area (Å²) >= 11 is 6.06. The first-order chi connectivity index (χ1) is 9.06. The van der Waals surface area contributed by atoms with Crippen molar-refractivity contribution in [1.82, 2.24) is 5.32 Å². The maximum absolute atomic E-state index is 12.0. The SMILES string of the molecule is Cc1cc(C(=O)NCC2CCC(Cl)CC2)ccc1O. The third-order valence-electron chi connectivity index (χ3n) is 3.79. The van der Waals surface area contributed by atoms with E-state index in [4.69, 9.17) is 11.6 Å². The summed E-state index contributed by atoms with van der Waals surface area (Å²) in [7, 11) is 0. The number of rotatable bonds is 3. The van der Waals surface area contributed by atoms with Gasteiger partial charge in [0, 0.05) is 17.5 Å². The summed E-state index contributed by atoms with van der Waals surface area (Å²) in [5.74, 6) is 0.685. The summed E-state index contributed by atoms with van der Waals surface area (Å²) in [6, 6.07) is 4.91. The Morgan fingerprint density at radius 1 is 1.37 bits per heavy atom. The Labute approximate surface area is 119 Å². The number of phenols is 1. The Morgan fingerprint density at radius 2 is 2.05 bits per heavy atom. The van der Waals surface area contributed by atoms with E-state index in [-0.39, 0.29) is 11.7 Å². The van der Waals surface area contributed by atoms with Crippen LogP contribution in [0.25, 0.3) is 0 Å². The predicted octanol–water partition coefficient (Wildman–Crippen LogP) is 3.23. The Hall–Kier alpha value is -1.22. The summed E-state index contributed by atoms with van der Waals surface area (Å²) < 4.78 is 0. The summed E-state index contributed by atoms with van der Waals surface area (Å²) in [6.07, 6.45) is 4.26. The van der Waals surface area contributed by atoms with Gasteiger partial charge in [-0.15, -0.1) is 11.6 Å². The van der Waals surface area contributed by atoms with E-state index in [2.05, 4.69) is 5.32 Å². The zero-order chi connectivity index (χ0) is 13.8. The van der Waals surface area contributed by atoms with Crippen LogP contribution < -0.4 is 5.32 Å². The molecule has 0 spiro atoms. The second-order valence-corrected chi connectivity index (χ2v) is 5.95. The minimum absolute atomic E-state index is 0.0731. The van der Waals surface area contributed by atoms with Gasteiger partial charge in [0.2, 0.25) is 0 Å². The second-order valence-electron chi connectivity index (χ2n) is 5.33. The zero-order valence-electron chi connectivity index (χ0n) is 11.2. The highest BCUT2D eigenvalue weighted by Gasteiger charge is 2.20. The molecule has 1 aliphatic rings. The maximum Gasteiger partial charge on any atom is 0.251 e. The van der Waals surface area contributed by atoms with Crippen LogP contribution in [0.1, 0.15) is 41.6 Å². The number of carbonyl (C=O) groups excluding carboxylic acids is 1. The minimum atomic E-state index is -0.0731. The van der Waals surface area contributed by atoms with Crippen LogP contribution in [0.4, 0.5) is 0 Å². The summed E-state index contributed by atoms with van der Waals surface area (Å²) in [6.45, 7) is 2.50. The molecule has 1 aromatic rings. The fourth-order valence-corrected chi connectivity index (χ4v) is 2.71. The van der Waals surface area contributed by atoms with Gasteiger partial charge in [0.25, 0.3) is 5.91 Å². The molecule has 19 heavy (non-hydrogen) atoms. The van der Waals surface area contributed by atoms with Crippen molar-refractivity contribution in [3.8, 4) is 5.75 Å². The number of nitrogens with one attached hydrogen (secondary N) is 1. The molecule has 1 fully saturated rings. The molecule has 1 aliphatic carbocycles. The fraction of sp³-hybridized carbons (Fsp3) is 0.533. The molecular weight excluding hydrogens is 262 g/mol. The lowest BCUT2D eigenvalue weighted by molar-refractivity contribution is 0.0943. The van der Waals surface area contributed by atoms with Gasteiger partial charge in [-0.1, -0.05) is 0 Å². The van der Waals surface area contributed by atoms with E-state index in [1.807, 2.05) is 0 Å². The lowest BCUT2D eigenvalue weighted by Crippen LogP contribution is -2.31. The number of hydrogen-bond donors (Lipinski definition) is 2. The van der Waals surface area contributed by atoms with Crippen molar-refractivity contribution in [3.05, 3.63) is 29.3 Å². The molecule has 2 N–H and O–H groups in total. The Morgan fingerprint density at radius 3 is 2.68 bits per heavy atom. The molecule has 0 radical (unpaired) electrons. The van der Waals surface area contributed by atoms with Crippen molar-refractivity contribution in [2.75, 3.05) is 6.54 Å². The molecule has 1 amide bonds. The molecule has 0 unspecified atom stereocenters. The number of carbonyl (C=O) groups is 1. The first kappa shape index (κ1) is 14.2. The fourth-order valence-electron chi connectivity index (χ4n) is 2.46. The van der Waals surface area contributed by atoms with Crippen molar-refractivity contribution in [2.24, 2.45) is 5.92 Å². The maximum atomic E-state index is 12.0. The number of benzene rings is 1. The molecule has 0 saturated heterocycles. The minimum Gasteiger partial charge on any atom is -0.508 e. The van der Waals surface area contributed by atoms with Gasteiger partial charge in [-0.3, -0.25) is 4.79 Å². The van der Waals surface area contributed by atoms with Crippen LogP contribution in [0.15, 0.2) is 18.2 Å². The van der Waals surface area contributed by atoms with Gasteiger partial charge >= 0.3 is 0 Å². The standard InChI is InChI=1S/C15H20ClNO2/c1-10-8-12(4-7-14(10)18)15(19)17-9-11-2-5-13(16)6-3-11/h4,7-8,11,13,18H,2-3,5-6,9H2,1H3,(H,17,19). The highest BCUT2D eigenvalue weighted by atomic mass is 35.5. The Kier molecular flexibility index (Phi) is 4.70. The van der Waals surface area contributed by atoms with E-state index in [1.54, 1.807) is 25.1 Å². The molecule has 0 atom stereocenters. The van der Waals surface area contributed by atoms with Gasteiger partial charge in [0.15, 0.2) is 0 Å². The summed E-state index contributed by atoms with van der Waals surface area (Å²) in [4.78, 5) is 12.0. The summed E-state index contributed by atoms with van der Waals surface area (Å²) in [5, 5.41) is 12.7. The Balaban J connectivity index is 1.85. The number of halogens is 1.